The number of thiophene rings is 1. The lowest BCUT2D eigenvalue weighted by Gasteiger charge is -2.34. The SMILES string of the molecule is CCOC(=O)N1CCN(C(=O)c2csc(C)c2C)CC1. The smallest absolute Gasteiger partial charge is 0.409 e. The quantitative estimate of drug-likeness (QED) is 0.841. The molecule has 1 aromatic rings. The molecule has 2 rings (SSSR count). The molecule has 0 N–H and O–H groups in total. The van der Waals surface area contributed by atoms with Gasteiger partial charge in [0.2, 0.25) is 0 Å². The van der Waals surface area contributed by atoms with Gasteiger partial charge in [0.1, 0.15) is 0 Å². The third kappa shape index (κ3) is 2.95. The van der Waals surface area contributed by atoms with E-state index >= 15 is 0 Å². The summed E-state index contributed by atoms with van der Waals surface area (Å²) in [7, 11) is 0. The molecular formula is C14H20N2O3S. The van der Waals surface area contributed by atoms with Crippen LogP contribution in [0.3, 0.4) is 0 Å². The lowest BCUT2D eigenvalue weighted by molar-refractivity contribution is 0.0570. The topological polar surface area (TPSA) is 49.9 Å². The molecule has 110 valence electrons. The van der Waals surface area contributed by atoms with Gasteiger partial charge in [-0.25, -0.2) is 4.79 Å². The second kappa shape index (κ2) is 6.26. The van der Waals surface area contributed by atoms with Gasteiger partial charge in [-0.15, -0.1) is 11.3 Å². The van der Waals surface area contributed by atoms with Gasteiger partial charge in [-0.1, -0.05) is 0 Å². The second-order valence-electron chi connectivity index (χ2n) is 4.81. The fourth-order valence-electron chi connectivity index (χ4n) is 2.20. The van der Waals surface area contributed by atoms with Gasteiger partial charge in [0.25, 0.3) is 5.91 Å². The van der Waals surface area contributed by atoms with Crippen LogP contribution in [0.15, 0.2) is 5.38 Å². The monoisotopic (exact) mass is 296 g/mol. The maximum Gasteiger partial charge on any atom is 0.409 e. The van der Waals surface area contributed by atoms with E-state index in [-0.39, 0.29) is 12.0 Å². The number of nitrogens with zero attached hydrogens (tertiary/aromatic N) is 2. The van der Waals surface area contributed by atoms with Gasteiger partial charge in [-0.3, -0.25) is 4.79 Å². The van der Waals surface area contributed by atoms with E-state index in [1.807, 2.05) is 24.1 Å². The number of ether oxygens (including phenoxy) is 1. The first-order valence-electron chi connectivity index (χ1n) is 6.80. The summed E-state index contributed by atoms with van der Waals surface area (Å²) in [5.41, 5.74) is 1.85. The zero-order chi connectivity index (χ0) is 14.7. The molecule has 1 aliphatic heterocycles. The maximum atomic E-state index is 12.4. The summed E-state index contributed by atoms with van der Waals surface area (Å²) in [5, 5.41) is 1.92. The highest BCUT2D eigenvalue weighted by atomic mass is 32.1. The van der Waals surface area contributed by atoms with Crippen molar-refractivity contribution in [3.63, 3.8) is 0 Å². The van der Waals surface area contributed by atoms with E-state index in [4.69, 9.17) is 4.74 Å². The van der Waals surface area contributed by atoms with Crippen molar-refractivity contribution >= 4 is 23.3 Å². The molecule has 0 radical (unpaired) electrons. The van der Waals surface area contributed by atoms with Crippen LogP contribution in [0.25, 0.3) is 0 Å². The molecule has 6 heteroatoms. The van der Waals surface area contributed by atoms with Gasteiger partial charge in [0.05, 0.1) is 12.2 Å². The van der Waals surface area contributed by atoms with Crippen molar-refractivity contribution in [2.45, 2.75) is 20.8 Å². The van der Waals surface area contributed by atoms with E-state index in [0.717, 1.165) is 11.1 Å². The summed E-state index contributed by atoms with van der Waals surface area (Å²) in [6.07, 6.45) is -0.290. The van der Waals surface area contributed by atoms with Crippen LogP contribution in [-0.2, 0) is 4.74 Å². The Morgan fingerprint density at radius 1 is 1.20 bits per heavy atom. The molecule has 0 aromatic carbocycles. The Bertz CT molecular complexity index is 505. The summed E-state index contributed by atoms with van der Waals surface area (Å²) in [6, 6.07) is 0. The van der Waals surface area contributed by atoms with Crippen molar-refractivity contribution in [3.05, 3.63) is 21.4 Å². The van der Waals surface area contributed by atoms with Crippen molar-refractivity contribution in [2.24, 2.45) is 0 Å². The Kier molecular flexibility index (Phi) is 4.65. The van der Waals surface area contributed by atoms with Crippen LogP contribution < -0.4 is 0 Å². The lowest BCUT2D eigenvalue weighted by Crippen LogP contribution is -2.50. The molecule has 0 bridgehead atoms. The van der Waals surface area contributed by atoms with Gasteiger partial charge < -0.3 is 14.5 Å². The Morgan fingerprint density at radius 3 is 2.30 bits per heavy atom. The molecule has 0 aliphatic carbocycles. The van der Waals surface area contributed by atoms with Gasteiger partial charge in [0.15, 0.2) is 0 Å². The van der Waals surface area contributed by atoms with Crippen LogP contribution >= 0.6 is 11.3 Å². The Hall–Kier alpha value is -1.56. The van der Waals surface area contributed by atoms with Crippen LogP contribution in [-0.4, -0.2) is 54.6 Å². The molecule has 0 saturated carbocycles. The summed E-state index contributed by atoms with van der Waals surface area (Å²) >= 11 is 1.60. The summed E-state index contributed by atoms with van der Waals surface area (Å²) < 4.78 is 4.97. The van der Waals surface area contributed by atoms with E-state index < -0.39 is 0 Å². The number of hydrogen-bond donors (Lipinski definition) is 0. The van der Waals surface area contributed by atoms with E-state index in [1.165, 1.54) is 4.88 Å². The summed E-state index contributed by atoms with van der Waals surface area (Å²) in [5.74, 6) is 0.0651. The minimum absolute atomic E-state index is 0.0651. The van der Waals surface area contributed by atoms with Crippen molar-refractivity contribution in [2.75, 3.05) is 32.8 Å². The first-order chi connectivity index (χ1) is 9.54. The predicted octanol–water partition coefficient (Wildman–Crippen LogP) is 2.28. The molecule has 5 nitrogen and oxygen atoms in total. The Labute approximate surface area is 123 Å². The predicted molar refractivity (Wildman–Crippen MR) is 78.3 cm³/mol. The van der Waals surface area contributed by atoms with E-state index in [1.54, 1.807) is 23.2 Å². The molecule has 1 aliphatic rings. The zero-order valence-electron chi connectivity index (χ0n) is 12.1. The Morgan fingerprint density at radius 2 is 1.80 bits per heavy atom. The zero-order valence-corrected chi connectivity index (χ0v) is 13.0. The molecule has 20 heavy (non-hydrogen) atoms. The molecular weight excluding hydrogens is 276 g/mol. The molecule has 0 spiro atoms. The van der Waals surface area contributed by atoms with Crippen LogP contribution in [0.1, 0.15) is 27.7 Å². The van der Waals surface area contributed by atoms with E-state index in [0.29, 0.717) is 32.8 Å². The molecule has 1 saturated heterocycles. The summed E-state index contributed by atoms with van der Waals surface area (Å²) in [6.45, 7) is 8.37. The first kappa shape index (κ1) is 14.8. The number of aryl methyl sites for hydroxylation is 1. The fraction of sp³-hybridized carbons (Fsp3) is 0.571. The molecule has 0 atom stereocenters. The van der Waals surface area contributed by atoms with Gasteiger partial charge in [-0.05, 0) is 26.3 Å². The number of carbonyl (C=O) groups excluding carboxylic acids is 2. The van der Waals surface area contributed by atoms with Crippen molar-refractivity contribution in [3.8, 4) is 0 Å². The molecule has 0 unspecified atom stereocenters. The Balaban J connectivity index is 1.95. The van der Waals surface area contributed by atoms with Crippen LogP contribution in [0, 0.1) is 13.8 Å². The highest BCUT2D eigenvalue weighted by Gasteiger charge is 2.26. The van der Waals surface area contributed by atoms with Gasteiger partial charge in [-0.2, -0.15) is 0 Å². The van der Waals surface area contributed by atoms with Crippen molar-refractivity contribution in [1.82, 2.24) is 9.80 Å². The lowest BCUT2D eigenvalue weighted by atomic mass is 10.1. The van der Waals surface area contributed by atoms with E-state index in [2.05, 4.69) is 0 Å². The number of amides is 2. The van der Waals surface area contributed by atoms with E-state index in [9.17, 15) is 9.59 Å². The number of hydrogen-bond acceptors (Lipinski definition) is 4. The summed E-state index contributed by atoms with van der Waals surface area (Å²) in [4.78, 5) is 28.7. The van der Waals surface area contributed by atoms with Gasteiger partial charge >= 0.3 is 6.09 Å². The van der Waals surface area contributed by atoms with Crippen molar-refractivity contribution < 1.29 is 14.3 Å². The standard InChI is InChI=1S/C14H20N2O3S/c1-4-19-14(18)16-7-5-15(6-8-16)13(17)12-9-20-11(3)10(12)2/h9H,4-8H2,1-3H3. The maximum absolute atomic E-state index is 12.4. The number of rotatable bonds is 2. The molecule has 2 amide bonds. The molecule has 1 aromatic heterocycles. The van der Waals surface area contributed by atoms with Crippen LogP contribution in [0.2, 0.25) is 0 Å². The number of piperazine rings is 1. The second-order valence-corrected chi connectivity index (χ2v) is 5.89. The third-order valence-corrected chi connectivity index (χ3v) is 4.62. The number of carbonyl (C=O) groups is 2. The first-order valence-corrected chi connectivity index (χ1v) is 7.68. The fourth-order valence-corrected chi connectivity index (χ4v) is 3.06. The van der Waals surface area contributed by atoms with Gasteiger partial charge in [0, 0.05) is 36.4 Å². The third-order valence-electron chi connectivity index (χ3n) is 3.61. The van der Waals surface area contributed by atoms with Crippen molar-refractivity contribution in [1.29, 1.82) is 0 Å². The highest BCUT2D eigenvalue weighted by Crippen LogP contribution is 2.22. The average Bonchev–Trinajstić information content (AvgIpc) is 2.79. The highest BCUT2D eigenvalue weighted by molar-refractivity contribution is 7.10. The normalized spacial score (nSPS) is 15.3. The molecule has 1 fully saturated rings. The largest absolute Gasteiger partial charge is 0.450 e. The minimum Gasteiger partial charge on any atom is -0.450 e. The average molecular weight is 296 g/mol. The van der Waals surface area contributed by atoms with Crippen LogP contribution in [0.4, 0.5) is 4.79 Å². The molecule has 2 heterocycles. The minimum atomic E-state index is -0.290. The van der Waals surface area contributed by atoms with Crippen LogP contribution in [0.5, 0.6) is 0 Å².